The van der Waals surface area contributed by atoms with Crippen LogP contribution >= 0.6 is 0 Å². The van der Waals surface area contributed by atoms with Crippen LogP contribution in [0.3, 0.4) is 0 Å². The first-order valence-electron chi connectivity index (χ1n) is 12.0. The van der Waals surface area contributed by atoms with E-state index in [2.05, 4.69) is 72.6 Å². The third-order valence-electron chi connectivity index (χ3n) is 6.48. The van der Waals surface area contributed by atoms with E-state index in [4.69, 9.17) is 0 Å². The van der Waals surface area contributed by atoms with Crippen molar-refractivity contribution >= 4 is 12.4 Å². The normalized spacial score (nSPS) is 19.7. The van der Waals surface area contributed by atoms with Gasteiger partial charge in [-0.3, -0.25) is 0 Å². The van der Waals surface area contributed by atoms with E-state index in [9.17, 15) is 0 Å². The Morgan fingerprint density at radius 3 is 1.90 bits per heavy atom. The molecule has 0 amide bonds. The molecule has 1 saturated carbocycles. The Hall–Kier alpha value is -2.22. The van der Waals surface area contributed by atoms with Crippen molar-refractivity contribution in [3.05, 3.63) is 70.8 Å². The fourth-order valence-corrected chi connectivity index (χ4v) is 4.60. The molecule has 1 aliphatic carbocycles. The minimum Gasteiger partial charge on any atom is -0.159 e. The summed E-state index contributed by atoms with van der Waals surface area (Å²) in [6.07, 6.45) is 16.9. The van der Waals surface area contributed by atoms with E-state index in [0.717, 1.165) is 23.0 Å². The molecular formula is C28H38N2. The molecule has 3 rings (SSSR count). The molecule has 2 nitrogen and oxygen atoms in total. The first kappa shape index (κ1) is 22.5. The second-order valence-corrected chi connectivity index (χ2v) is 8.86. The van der Waals surface area contributed by atoms with E-state index >= 15 is 0 Å². The lowest BCUT2D eigenvalue weighted by Crippen LogP contribution is -2.13. The second-order valence-electron chi connectivity index (χ2n) is 8.86. The summed E-state index contributed by atoms with van der Waals surface area (Å²) in [6.45, 7) is 4.55. The lowest BCUT2D eigenvalue weighted by molar-refractivity contribution is 0.308. The molecule has 0 bridgehead atoms. The molecule has 0 heterocycles. The average molecular weight is 403 g/mol. The highest BCUT2D eigenvalue weighted by atomic mass is 15.2. The van der Waals surface area contributed by atoms with Crippen molar-refractivity contribution in [3.63, 3.8) is 0 Å². The van der Waals surface area contributed by atoms with Gasteiger partial charge in [-0.1, -0.05) is 88.1 Å². The number of unbranched alkanes of at least 4 members (excludes halogenated alkanes) is 2. The zero-order valence-electron chi connectivity index (χ0n) is 18.9. The fraction of sp³-hybridized carbons (Fsp3) is 0.500. The Kier molecular flexibility index (Phi) is 9.34. The minimum absolute atomic E-state index is 0.743. The highest BCUT2D eigenvalue weighted by Crippen LogP contribution is 2.37. The van der Waals surface area contributed by atoms with Crippen molar-refractivity contribution in [2.75, 3.05) is 0 Å². The Bertz CT molecular complexity index is 778. The van der Waals surface area contributed by atoms with Crippen LogP contribution < -0.4 is 0 Å². The number of aryl methyl sites for hydroxylation is 1. The summed E-state index contributed by atoms with van der Waals surface area (Å²) in [4.78, 5) is 0. The number of hydrogen-bond donors (Lipinski definition) is 0. The molecule has 0 aliphatic heterocycles. The Labute approximate surface area is 183 Å². The van der Waals surface area contributed by atoms with Crippen LogP contribution in [0.2, 0.25) is 0 Å². The first-order valence-corrected chi connectivity index (χ1v) is 12.0. The summed E-state index contributed by atoms with van der Waals surface area (Å²) in [5.74, 6) is 1.71. The van der Waals surface area contributed by atoms with Gasteiger partial charge in [0, 0.05) is 0 Å². The maximum Gasteiger partial charge on any atom is 0.0568 e. The molecule has 2 heteroatoms. The predicted octanol–water partition coefficient (Wildman–Crippen LogP) is 7.95. The van der Waals surface area contributed by atoms with Crippen LogP contribution in [0.1, 0.15) is 99.8 Å². The SMILES string of the molecule is CCCCCc1ccc(/C=N/N=C/c2ccc(C3CCC(CCC)CC3)cc2)cc1. The number of hydrogen-bond acceptors (Lipinski definition) is 2. The van der Waals surface area contributed by atoms with Crippen molar-refractivity contribution in [1.82, 2.24) is 0 Å². The van der Waals surface area contributed by atoms with Gasteiger partial charge in [0.25, 0.3) is 0 Å². The van der Waals surface area contributed by atoms with Gasteiger partial charge in [0.15, 0.2) is 0 Å². The quantitative estimate of drug-likeness (QED) is 0.219. The molecule has 0 radical (unpaired) electrons. The molecule has 0 atom stereocenters. The van der Waals surface area contributed by atoms with Crippen LogP contribution in [0.4, 0.5) is 0 Å². The van der Waals surface area contributed by atoms with E-state index in [1.54, 1.807) is 0 Å². The Morgan fingerprint density at radius 2 is 1.33 bits per heavy atom. The van der Waals surface area contributed by atoms with Gasteiger partial charge < -0.3 is 0 Å². The standard InChI is InChI=1S/C28H38N2/c1-3-5-6-8-24-9-11-25(12-10-24)21-29-30-22-26-15-19-28(20-16-26)27-17-13-23(7-4-2)14-18-27/h9-12,15-16,19-23,27H,3-8,13-14,17-18H2,1-2H3/b29-21+,30-22+. The van der Waals surface area contributed by atoms with Gasteiger partial charge in [0.2, 0.25) is 0 Å². The molecule has 0 spiro atoms. The van der Waals surface area contributed by atoms with Crippen molar-refractivity contribution in [3.8, 4) is 0 Å². The van der Waals surface area contributed by atoms with Gasteiger partial charge in [0.05, 0.1) is 12.4 Å². The Morgan fingerprint density at radius 1 is 0.733 bits per heavy atom. The maximum atomic E-state index is 4.24. The third kappa shape index (κ3) is 7.23. The van der Waals surface area contributed by atoms with Crippen LogP contribution in [0.5, 0.6) is 0 Å². The van der Waals surface area contributed by atoms with Gasteiger partial charge in [-0.2, -0.15) is 10.2 Å². The Balaban J connectivity index is 1.46. The van der Waals surface area contributed by atoms with E-state index in [-0.39, 0.29) is 0 Å². The van der Waals surface area contributed by atoms with Crippen LogP contribution in [0.25, 0.3) is 0 Å². The van der Waals surface area contributed by atoms with Gasteiger partial charge in [-0.05, 0) is 72.6 Å². The minimum atomic E-state index is 0.743. The molecule has 0 aromatic heterocycles. The lowest BCUT2D eigenvalue weighted by atomic mass is 9.77. The van der Waals surface area contributed by atoms with Gasteiger partial charge in [-0.25, -0.2) is 0 Å². The largest absolute Gasteiger partial charge is 0.159 e. The molecule has 0 N–H and O–H groups in total. The van der Waals surface area contributed by atoms with E-state index < -0.39 is 0 Å². The van der Waals surface area contributed by atoms with Gasteiger partial charge in [0.1, 0.15) is 0 Å². The number of nitrogens with zero attached hydrogens (tertiary/aromatic N) is 2. The molecule has 160 valence electrons. The summed E-state index contributed by atoms with van der Waals surface area (Å²) >= 11 is 0. The molecule has 1 aliphatic rings. The number of rotatable bonds is 10. The average Bonchev–Trinajstić information content (AvgIpc) is 2.79. The molecule has 1 fully saturated rings. The monoisotopic (exact) mass is 402 g/mol. The maximum absolute atomic E-state index is 4.24. The highest BCUT2D eigenvalue weighted by Gasteiger charge is 2.21. The van der Waals surface area contributed by atoms with E-state index in [1.807, 2.05) is 12.4 Å². The van der Waals surface area contributed by atoms with Gasteiger partial charge in [-0.15, -0.1) is 0 Å². The predicted molar refractivity (Wildman–Crippen MR) is 131 cm³/mol. The first-order chi connectivity index (χ1) is 14.8. The topological polar surface area (TPSA) is 24.7 Å². The molecule has 0 unspecified atom stereocenters. The van der Waals surface area contributed by atoms with Crippen molar-refractivity contribution in [1.29, 1.82) is 0 Å². The zero-order chi connectivity index (χ0) is 21.0. The van der Waals surface area contributed by atoms with E-state index in [0.29, 0.717) is 0 Å². The van der Waals surface area contributed by atoms with Crippen LogP contribution in [-0.4, -0.2) is 12.4 Å². The summed E-state index contributed by atoms with van der Waals surface area (Å²) in [5.41, 5.74) is 5.11. The lowest BCUT2D eigenvalue weighted by Gasteiger charge is -2.28. The third-order valence-corrected chi connectivity index (χ3v) is 6.48. The van der Waals surface area contributed by atoms with Crippen LogP contribution in [0.15, 0.2) is 58.7 Å². The molecule has 30 heavy (non-hydrogen) atoms. The van der Waals surface area contributed by atoms with Gasteiger partial charge >= 0.3 is 0 Å². The second kappa shape index (κ2) is 12.5. The molecular weight excluding hydrogens is 364 g/mol. The summed E-state index contributed by atoms with van der Waals surface area (Å²) < 4.78 is 0. The summed E-state index contributed by atoms with van der Waals surface area (Å²) in [5, 5.41) is 8.46. The van der Waals surface area contributed by atoms with E-state index in [1.165, 1.54) is 75.3 Å². The van der Waals surface area contributed by atoms with Crippen molar-refractivity contribution in [2.45, 2.75) is 84.0 Å². The van der Waals surface area contributed by atoms with Crippen molar-refractivity contribution in [2.24, 2.45) is 16.1 Å². The summed E-state index contributed by atoms with van der Waals surface area (Å²) in [6, 6.07) is 17.6. The van der Waals surface area contributed by atoms with Crippen LogP contribution in [0, 0.1) is 5.92 Å². The number of benzene rings is 2. The fourth-order valence-electron chi connectivity index (χ4n) is 4.60. The molecule has 2 aromatic carbocycles. The van der Waals surface area contributed by atoms with Crippen molar-refractivity contribution < 1.29 is 0 Å². The smallest absolute Gasteiger partial charge is 0.0568 e. The molecule has 2 aromatic rings. The highest BCUT2D eigenvalue weighted by molar-refractivity contribution is 5.82. The zero-order valence-corrected chi connectivity index (χ0v) is 18.9. The van der Waals surface area contributed by atoms with Crippen LogP contribution in [-0.2, 0) is 6.42 Å². The molecule has 0 saturated heterocycles. The summed E-state index contributed by atoms with van der Waals surface area (Å²) in [7, 11) is 0.